The maximum atomic E-state index is 13.5. The van der Waals surface area contributed by atoms with Crippen molar-refractivity contribution in [2.45, 2.75) is 19.4 Å². The zero-order chi connectivity index (χ0) is 23.6. The Kier molecular flexibility index (Phi) is 6.83. The highest BCUT2D eigenvalue weighted by Gasteiger charge is 2.26. The Bertz CT molecular complexity index is 1170. The highest BCUT2D eigenvalue weighted by atomic mass is 35.5. The molecule has 4 rings (SSSR count). The molecule has 3 aromatic rings. The molecule has 1 aromatic heterocycles. The first-order valence-electron chi connectivity index (χ1n) is 10.9. The second-order valence-corrected chi connectivity index (χ2v) is 9.27. The zero-order valence-electron chi connectivity index (χ0n) is 19.4. The average Bonchev–Trinajstić information content (AvgIpc) is 2.80. The number of anilines is 2. The van der Waals surface area contributed by atoms with Gasteiger partial charge in [-0.15, -0.1) is 0 Å². The van der Waals surface area contributed by atoms with Gasteiger partial charge in [0.15, 0.2) is 0 Å². The number of nitrogens with zero attached hydrogens (tertiary/aromatic N) is 4. The maximum Gasteiger partial charge on any atom is 0.141 e. The summed E-state index contributed by atoms with van der Waals surface area (Å²) in [6, 6.07) is 8.40. The Morgan fingerprint density at radius 1 is 1.12 bits per heavy atom. The number of hydrogen-bond donors (Lipinski definition) is 1. The topological polar surface area (TPSA) is 53.5 Å². The van der Waals surface area contributed by atoms with E-state index in [0.29, 0.717) is 11.5 Å². The number of halogens is 2. The summed E-state index contributed by atoms with van der Waals surface area (Å²) in [5, 5.41) is 4.11. The fourth-order valence-corrected chi connectivity index (χ4v) is 4.18. The molecule has 33 heavy (non-hydrogen) atoms. The summed E-state index contributed by atoms with van der Waals surface area (Å²) < 4.78 is 19.2. The molecule has 0 bridgehead atoms. The van der Waals surface area contributed by atoms with Crippen LogP contribution in [-0.2, 0) is 0 Å². The molecule has 1 N–H and O–H groups in total. The molecule has 0 aliphatic carbocycles. The second-order valence-electron chi connectivity index (χ2n) is 8.86. The lowest BCUT2D eigenvalue weighted by atomic mass is 9.98. The Labute approximate surface area is 199 Å². The molecule has 1 aliphatic heterocycles. The quantitative estimate of drug-likeness (QED) is 0.534. The molecule has 0 saturated carbocycles. The molecule has 0 spiro atoms. The molecule has 6 nitrogen and oxygen atoms in total. The normalized spacial score (nSPS) is 15.9. The van der Waals surface area contributed by atoms with Gasteiger partial charge in [0.1, 0.15) is 23.7 Å². The molecule has 0 unspecified atom stereocenters. The minimum atomic E-state index is -0.463. The van der Waals surface area contributed by atoms with Gasteiger partial charge in [-0.2, -0.15) is 0 Å². The van der Waals surface area contributed by atoms with Crippen LogP contribution in [0.15, 0.2) is 42.7 Å². The minimum Gasteiger partial charge on any atom is -0.496 e. The third kappa shape index (κ3) is 5.27. The summed E-state index contributed by atoms with van der Waals surface area (Å²) in [5.74, 6) is 0.885. The van der Waals surface area contributed by atoms with Crippen molar-refractivity contribution in [3.05, 3.63) is 59.1 Å². The highest BCUT2D eigenvalue weighted by molar-refractivity contribution is 6.31. The van der Waals surface area contributed by atoms with E-state index in [1.807, 2.05) is 12.1 Å². The monoisotopic (exact) mass is 469 g/mol. The van der Waals surface area contributed by atoms with Crippen molar-refractivity contribution in [3.8, 4) is 5.75 Å². The molecular weight excluding hydrogens is 441 g/mol. The smallest absolute Gasteiger partial charge is 0.141 e. The number of rotatable bonds is 6. The van der Waals surface area contributed by atoms with Crippen LogP contribution in [0.1, 0.15) is 19.4 Å². The second kappa shape index (κ2) is 9.63. The molecule has 2 heterocycles. The number of nitrogens with one attached hydrogen (secondary N) is 1. The van der Waals surface area contributed by atoms with Gasteiger partial charge >= 0.3 is 0 Å². The van der Waals surface area contributed by atoms with Gasteiger partial charge in [-0.1, -0.05) is 23.8 Å². The first-order chi connectivity index (χ1) is 15.8. The van der Waals surface area contributed by atoms with Crippen molar-refractivity contribution in [2.75, 3.05) is 45.7 Å². The Morgan fingerprint density at radius 2 is 1.88 bits per heavy atom. The van der Waals surface area contributed by atoms with Gasteiger partial charge in [0.05, 0.1) is 17.6 Å². The van der Waals surface area contributed by atoms with E-state index in [1.165, 1.54) is 18.5 Å². The van der Waals surface area contributed by atoms with Gasteiger partial charge in [0.2, 0.25) is 0 Å². The van der Waals surface area contributed by atoms with Crippen molar-refractivity contribution >= 4 is 40.1 Å². The summed E-state index contributed by atoms with van der Waals surface area (Å²) >= 11 is 5.94. The lowest BCUT2D eigenvalue weighted by molar-refractivity contribution is 0.0900. The van der Waals surface area contributed by atoms with Crippen LogP contribution in [0, 0.1) is 5.82 Å². The average molecular weight is 470 g/mol. The van der Waals surface area contributed by atoms with Crippen molar-refractivity contribution in [3.63, 3.8) is 0 Å². The van der Waals surface area contributed by atoms with Crippen molar-refractivity contribution in [1.82, 2.24) is 19.8 Å². The summed E-state index contributed by atoms with van der Waals surface area (Å²) in [6.07, 6.45) is 5.81. The van der Waals surface area contributed by atoms with E-state index in [0.717, 1.165) is 48.4 Å². The molecule has 0 radical (unpaired) electrons. The molecule has 174 valence electrons. The van der Waals surface area contributed by atoms with E-state index >= 15 is 0 Å². The summed E-state index contributed by atoms with van der Waals surface area (Å²) in [4.78, 5) is 13.6. The molecule has 1 aliphatic rings. The van der Waals surface area contributed by atoms with E-state index in [1.54, 1.807) is 13.2 Å². The van der Waals surface area contributed by atoms with Gasteiger partial charge in [-0.05, 0) is 45.2 Å². The number of benzene rings is 2. The van der Waals surface area contributed by atoms with Gasteiger partial charge in [-0.25, -0.2) is 14.4 Å². The van der Waals surface area contributed by atoms with Gasteiger partial charge in [0.25, 0.3) is 0 Å². The van der Waals surface area contributed by atoms with Crippen LogP contribution < -0.4 is 10.1 Å². The van der Waals surface area contributed by atoms with Crippen LogP contribution in [0.3, 0.4) is 0 Å². The Hall–Kier alpha value is -2.74. The van der Waals surface area contributed by atoms with E-state index in [-0.39, 0.29) is 10.6 Å². The van der Waals surface area contributed by atoms with Gasteiger partial charge < -0.3 is 15.0 Å². The van der Waals surface area contributed by atoms with Crippen molar-refractivity contribution in [1.29, 1.82) is 0 Å². The molecule has 8 heteroatoms. The van der Waals surface area contributed by atoms with Gasteiger partial charge in [-0.3, -0.25) is 4.90 Å². The largest absolute Gasteiger partial charge is 0.496 e. The number of piperazine rings is 1. The Balaban J connectivity index is 1.67. The molecule has 2 aromatic carbocycles. The lowest BCUT2D eigenvalue weighted by Gasteiger charge is -2.41. The first-order valence-corrected chi connectivity index (χ1v) is 11.3. The number of ether oxygens (including phenoxy) is 1. The van der Waals surface area contributed by atoms with Crippen LogP contribution in [0.5, 0.6) is 5.75 Å². The third-order valence-electron chi connectivity index (χ3n) is 6.16. The molecule has 0 amide bonds. The van der Waals surface area contributed by atoms with Crippen LogP contribution in [0.2, 0.25) is 5.02 Å². The minimum absolute atomic E-state index is 0.0507. The van der Waals surface area contributed by atoms with Gasteiger partial charge in [0, 0.05) is 54.4 Å². The Morgan fingerprint density at radius 3 is 2.58 bits per heavy atom. The fraction of sp³-hybridized carbons (Fsp3) is 0.360. The zero-order valence-corrected chi connectivity index (χ0v) is 20.2. The summed E-state index contributed by atoms with van der Waals surface area (Å²) in [5.41, 5.74) is 2.22. The van der Waals surface area contributed by atoms with E-state index in [4.69, 9.17) is 16.3 Å². The molecule has 1 saturated heterocycles. The molecular formula is C25H29ClFN5O. The summed E-state index contributed by atoms with van der Waals surface area (Å²) in [6.45, 7) is 8.66. The number of methoxy groups -OCH3 is 1. The van der Waals surface area contributed by atoms with Crippen LogP contribution >= 0.6 is 11.6 Å². The van der Waals surface area contributed by atoms with Crippen molar-refractivity contribution in [2.24, 2.45) is 0 Å². The molecule has 1 fully saturated rings. The predicted octanol–water partition coefficient (Wildman–Crippen LogP) is 5.21. The standard InChI is InChI=1S/C25H29ClFN5O/c1-25(2,32-11-9-31(3)10-12-32)8-7-17-13-19-22(15-23(17)33-4)28-16-29-24(19)30-18-5-6-21(27)20(26)14-18/h5-8,13-16H,9-12H2,1-4H3,(H,28,29,30). The number of aromatic nitrogens is 2. The predicted molar refractivity (Wildman–Crippen MR) is 133 cm³/mol. The number of likely N-dealkylation sites (N-methyl/N-ethyl adjacent to an activating group) is 1. The lowest BCUT2D eigenvalue weighted by Crippen LogP contribution is -2.52. The summed E-state index contributed by atoms with van der Waals surface area (Å²) in [7, 11) is 3.82. The van der Waals surface area contributed by atoms with Crippen molar-refractivity contribution < 1.29 is 9.13 Å². The van der Waals surface area contributed by atoms with E-state index in [2.05, 4.69) is 58.1 Å². The number of fused-ring (bicyclic) bond motifs is 1. The van der Waals surface area contributed by atoms with Crippen LogP contribution in [-0.4, -0.2) is 65.6 Å². The molecule has 0 atom stereocenters. The third-order valence-corrected chi connectivity index (χ3v) is 6.45. The van der Waals surface area contributed by atoms with Crippen LogP contribution in [0.4, 0.5) is 15.9 Å². The van der Waals surface area contributed by atoms with E-state index in [9.17, 15) is 4.39 Å². The van der Waals surface area contributed by atoms with Crippen LogP contribution in [0.25, 0.3) is 17.0 Å². The SMILES string of the molecule is COc1cc2ncnc(Nc3ccc(F)c(Cl)c3)c2cc1C=CC(C)(C)N1CCN(C)CC1. The highest BCUT2D eigenvalue weighted by Crippen LogP contribution is 2.32. The fourth-order valence-electron chi connectivity index (χ4n) is 4.00. The maximum absolute atomic E-state index is 13.5. The first kappa shape index (κ1) is 23.4. The number of hydrogen-bond acceptors (Lipinski definition) is 6. The van der Waals surface area contributed by atoms with E-state index < -0.39 is 5.82 Å².